The topological polar surface area (TPSA) is 88.3 Å². The summed E-state index contributed by atoms with van der Waals surface area (Å²) in [4.78, 5) is 27.6. The molecular weight excluding hydrogens is 196 g/mol. The highest BCUT2D eigenvalue weighted by molar-refractivity contribution is 6.08. The summed E-state index contributed by atoms with van der Waals surface area (Å²) in [7, 11) is 0. The fourth-order valence-electron chi connectivity index (χ4n) is 1.46. The van der Waals surface area contributed by atoms with Gasteiger partial charge in [-0.2, -0.15) is 0 Å². The number of carbonyl (C=O) groups excluding carboxylic acids is 2. The van der Waals surface area contributed by atoms with Crippen molar-refractivity contribution in [3.8, 4) is 0 Å². The number of amides is 3. The Morgan fingerprint density at radius 3 is 3.07 bits per heavy atom. The van der Waals surface area contributed by atoms with E-state index in [0.29, 0.717) is 11.5 Å². The molecule has 1 aromatic rings. The standard InChI is InChI=1S/C9H10N4O2/c1-5-2-6-8(11-3-5)13(9(10)15)4-7(14)12-6/h2-3H,4H2,1H3,(H2,10,15)(H,12,14). The number of pyridine rings is 1. The van der Waals surface area contributed by atoms with Crippen molar-refractivity contribution in [1.29, 1.82) is 0 Å². The van der Waals surface area contributed by atoms with E-state index in [1.807, 2.05) is 6.92 Å². The normalized spacial score (nSPS) is 14.5. The van der Waals surface area contributed by atoms with Crippen LogP contribution in [0.25, 0.3) is 0 Å². The number of fused-ring (bicyclic) bond motifs is 1. The van der Waals surface area contributed by atoms with E-state index in [0.717, 1.165) is 10.5 Å². The molecule has 0 bridgehead atoms. The Hall–Kier alpha value is -2.11. The van der Waals surface area contributed by atoms with Gasteiger partial charge in [0.2, 0.25) is 5.91 Å². The second-order valence-corrected chi connectivity index (χ2v) is 3.36. The molecule has 1 aliphatic heterocycles. The van der Waals surface area contributed by atoms with Gasteiger partial charge in [0.05, 0.1) is 5.69 Å². The number of hydrogen-bond acceptors (Lipinski definition) is 3. The first kappa shape index (κ1) is 9.45. The summed E-state index contributed by atoms with van der Waals surface area (Å²) in [5.74, 6) is 0.126. The lowest BCUT2D eigenvalue weighted by Gasteiger charge is -2.26. The monoisotopic (exact) mass is 206 g/mol. The Morgan fingerprint density at radius 1 is 1.67 bits per heavy atom. The highest BCUT2D eigenvalue weighted by Crippen LogP contribution is 2.27. The number of primary amides is 1. The molecule has 3 amide bonds. The second-order valence-electron chi connectivity index (χ2n) is 3.36. The predicted octanol–water partition coefficient (Wildman–Crippen LogP) is 0.227. The van der Waals surface area contributed by atoms with Crippen LogP contribution >= 0.6 is 0 Å². The zero-order valence-electron chi connectivity index (χ0n) is 8.15. The van der Waals surface area contributed by atoms with Gasteiger partial charge in [0.15, 0.2) is 5.82 Å². The Kier molecular flexibility index (Phi) is 2.03. The smallest absolute Gasteiger partial charge is 0.320 e. The highest BCUT2D eigenvalue weighted by Gasteiger charge is 2.26. The Labute approximate surface area is 86.1 Å². The largest absolute Gasteiger partial charge is 0.351 e. The number of aryl methyl sites for hydroxylation is 1. The summed E-state index contributed by atoms with van der Waals surface area (Å²) in [6.07, 6.45) is 1.62. The van der Waals surface area contributed by atoms with Crippen molar-refractivity contribution >= 4 is 23.4 Å². The van der Waals surface area contributed by atoms with Crippen LogP contribution in [0.4, 0.5) is 16.3 Å². The van der Waals surface area contributed by atoms with Gasteiger partial charge < -0.3 is 11.1 Å². The van der Waals surface area contributed by atoms with Crippen LogP contribution in [0.1, 0.15) is 5.56 Å². The first-order valence-corrected chi connectivity index (χ1v) is 4.41. The predicted molar refractivity (Wildman–Crippen MR) is 54.5 cm³/mol. The minimum Gasteiger partial charge on any atom is -0.351 e. The Balaban J connectivity index is 2.51. The number of nitrogens with zero attached hydrogens (tertiary/aromatic N) is 2. The molecule has 78 valence electrons. The summed E-state index contributed by atoms with van der Waals surface area (Å²) in [6.45, 7) is 1.76. The van der Waals surface area contributed by atoms with E-state index in [-0.39, 0.29) is 12.5 Å². The molecular formula is C9H10N4O2. The van der Waals surface area contributed by atoms with E-state index in [1.54, 1.807) is 12.3 Å². The maximum absolute atomic E-state index is 11.3. The molecule has 6 nitrogen and oxygen atoms in total. The van der Waals surface area contributed by atoms with E-state index in [1.165, 1.54) is 0 Å². The van der Waals surface area contributed by atoms with E-state index in [4.69, 9.17) is 5.73 Å². The van der Waals surface area contributed by atoms with Gasteiger partial charge in [-0.3, -0.25) is 9.69 Å². The van der Waals surface area contributed by atoms with Crippen LogP contribution < -0.4 is 16.0 Å². The minimum absolute atomic E-state index is 0.0849. The summed E-state index contributed by atoms with van der Waals surface area (Å²) in [6, 6.07) is 1.07. The zero-order chi connectivity index (χ0) is 11.0. The number of nitrogens with one attached hydrogen (secondary N) is 1. The molecule has 6 heteroatoms. The molecule has 1 aliphatic rings. The van der Waals surface area contributed by atoms with Crippen LogP contribution in [0, 0.1) is 6.92 Å². The van der Waals surface area contributed by atoms with Crippen molar-refractivity contribution in [3.05, 3.63) is 17.8 Å². The van der Waals surface area contributed by atoms with E-state index < -0.39 is 6.03 Å². The van der Waals surface area contributed by atoms with Crippen molar-refractivity contribution in [2.24, 2.45) is 5.73 Å². The molecule has 0 aliphatic carbocycles. The van der Waals surface area contributed by atoms with Gasteiger partial charge in [-0.05, 0) is 18.6 Å². The fraction of sp³-hybridized carbons (Fsp3) is 0.222. The lowest BCUT2D eigenvalue weighted by atomic mass is 10.2. The third kappa shape index (κ3) is 1.61. The third-order valence-corrected chi connectivity index (χ3v) is 2.10. The highest BCUT2D eigenvalue weighted by atomic mass is 16.2. The molecule has 0 aromatic carbocycles. The molecule has 2 heterocycles. The number of rotatable bonds is 0. The number of hydrogen-bond donors (Lipinski definition) is 2. The van der Waals surface area contributed by atoms with Gasteiger partial charge >= 0.3 is 6.03 Å². The fourth-order valence-corrected chi connectivity index (χ4v) is 1.46. The second kappa shape index (κ2) is 3.23. The summed E-state index contributed by atoms with van der Waals surface area (Å²) >= 11 is 0. The van der Waals surface area contributed by atoms with Crippen molar-refractivity contribution in [3.63, 3.8) is 0 Å². The summed E-state index contributed by atoms with van der Waals surface area (Å²) < 4.78 is 0. The van der Waals surface area contributed by atoms with Crippen molar-refractivity contribution in [1.82, 2.24) is 4.98 Å². The van der Waals surface area contributed by atoms with E-state index in [9.17, 15) is 9.59 Å². The van der Waals surface area contributed by atoms with Crippen molar-refractivity contribution in [2.75, 3.05) is 16.8 Å². The van der Waals surface area contributed by atoms with Gasteiger partial charge in [-0.25, -0.2) is 9.78 Å². The number of aromatic nitrogens is 1. The number of carbonyl (C=O) groups is 2. The molecule has 3 N–H and O–H groups in total. The number of nitrogens with two attached hydrogens (primary N) is 1. The summed E-state index contributed by atoms with van der Waals surface area (Å²) in [5.41, 5.74) is 6.57. The lowest BCUT2D eigenvalue weighted by Crippen LogP contribution is -2.45. The van der Waals surface area contributed by atoms with E-state index in [2.05, 4.69) is 10.3 Å². The maximum Gasteiger partial charge on any atom is 0.320 e. The van der Waals surface area contributed by atoms with Crippen molar-refractivity contribution < 1.29 is 9.59 Å². The van der Waals surface area contributed by atoms with Gasteiger partial charge in [0, 0.05) is 6.20 Å². The Bertz CT molecular complexity index is 444. The van der Waals surface area contributed by atoms with Gasteiger partial charge in [0.1, 0.15) is 6.54 Å². The van der Waals surface area contributed by atoms with Crippen LogP contribution in [0.5, 0.6) is 0 Å². The van der Waals surface area contributed by atoms with Gasteiger partial charge in [-0.15, -0.1) is 0 Å². The number of urea groups is 1. The molecule has 0 radical (unpaired) electrons. The third-order valence-electron chi connectivity index (χ3n) is 2.10. The number of anilines is 2. The molecule has 0 unspecified atom stereocenters. The molecule has 0 saturated carbocycles. The molecule has 1 aromatic heterocycles. The zero-order valence-corrected chi connectivity index (χ0v) is 8.15. The van der Waals surface area contributed by atoms with E-state index >= 15 is 0 Å². The summed E-state index contributed by atoms with van der Waals surface area (Å²) in [5, 5.41) is 2.63. The van der Waals surface area contributed by atoms with Crippen LogP contribution in [-0.4, -0.2) is 23.5 Å². The minimum atomic E-state index is -0.678. The van der Waals surface area contributed by atoms with Crippen molar-refractivity contribution in [2.45, 2.75) is 6.92 Å². The molecule has 2 rings (SSSR count). The lowest BCUT2D eigenvalue weighted by molar-refractivity contribution is -0.115. The van der Waals surface area contributed by atoms with Gasteiger partial charge in [-0.1, -0.05) is 0 Å². The first-order valence-electron chi connectivity index (χ1n) is 4.41. The van der Waals surface area contributed by atoms with Crippen LogP contribution in [0.2, 0.25) is 0 Å². The maximum atomic E-state index is 11.3. The molecule has 0 saturated heterocycles. The Morgan fingerprint density at radius 2 is 2.40 bits per heavy atom. The van der Waals surface area contributed by atoms with Crippen LogP contribution in [-0.2, 0) is 4.79 Å². The molecule has 15 heavy (non-hydrogen) atoms. The average molecular weight is 206 g/mol. The SMILES string of the molecule is Cc1cnc2c(c1)NC(=O)CN2C(N)=O. The van der Waals surface area contributed by atoms with Crippen LogP contribution in [0.3, 0.4) is 0 Å². The molecule has 0 spiro atoms. The average Bonchev–Trinajstić information content (AvgIpc) is 2.15. The molecule has 0 atom stereocenters. The first-order chi connectivity index (χ1) is 7.08. The quantitative estimate of drug-likeness (QED) is 0.636. The van der Waals surface area contributed by atoms with Gasteiger partial charge in [0.25, 0.3) is 0 Å². The molecule has 0 fully saturated rings. The van der Waals surface area contributed by atoms with Crippen LogP contribution in [0.15, 0.2) is 12.3 Å².